The van der Waals surface area contributed by atoms with Crippen molar-refractivity contribution >= 4 is 32.3 Å². The van der Waals surface area contributed by atoms with Crippen LogP contribution in [-0.2, 0) is 0 Å². The zero-order valence-electron chi connectivity index (χ0n) is 15.7. The van der Waals surface area contributed by atoms with Crippen LogP contribution in [0.15, 0.2) is 82.0 Å². The lowest BCUT2D eigenvalue weighted by Gasteiger charge is -2.18. The third kappa shape index (κ3) is 1.97. The fourth-order valence-corrected chi connectivity index (χ4v) is 4.62. The smallest absolute Gasteiger partial charge is 0.134 e. The summed E-state index contributed by atoms with van der Waals surface area (Å²) in [4.78, 5) is 0. The van der Waals surface area contributed by atoms with E-state index in [9.17, 15) is 0 Å². The van der Waals surface area contributed by atoms with Gasteiger partial charge in [-0.05, 0) is 93.7 Å². The highest BCUT2D eigenvalue weighted by Crippen LogP contribution is 2.44. The maximum absolute atomic E-state index is 5.76. The van der Waals surface area contributed by atoms with E-state index in [0.29, 0.717) is 0 Å². The van der Waals surface area contributed by atoms with E-state index in [1.54, 1.807) is 12.5 Å². The fourth-order valence-electron chi connectivity index (χ4n) is 4.62. The third-order valence-electron chi connectivity index (χ3n) is 5.89. The molecule has 0 atom stereocenters. The maximum atomic E-state index is 5.76. The lowest BCUT2D eigenvalue weighted by atomic mass is 9.86. The molecule has 0 saturated heterocycles. The van der Waals surface area contributed by atoms with Crippen LogP contribution in [0.3, 0.4) is 0 Å². The van der Waals surface area contributed by atoms with Crippen molar-refractivity contribution in [3.63, 3.8) is 0 Å². The van der Waals surface area contributed by atoms with Gasteiger partial charge in [0.15, 0.2) is 0 Å². The summed E-state index contributed by atoms with van der Waals surface area (Å²) < 4.78 is 11.5. The SMILES string of the molecule is Cc1cc(-c2ccco2)c2ccc3c(C)cc(-c4ccco4)c4ccc1c2c34. The molecule has 0 spiro atoms. The number of rotatable bonds is 2. The van der Waals surface area contributed by atoms with Crippen LogP contribution in [0.5, 0.6) is 0 Å². The van der Waals surface area contributed by atoms with Crippen molar-refractivity contribution in [1.29, 1.82) is 0 Å². The van der Waals surface area contributed by atoms with Gasteiger partial charge in [-0.1, -0.05) is 24.3 Å². The molecule has 2 heteroatoms. The van der Waals surface area contributed by atoms with Gasteiger partial charge in [0.05, 0.1) is 12.5 Å². The van der Waals surface area contributed by atoms with E-state index in [1.165, 1.54) is 43.4 Å². The van der Waals surface area contributed by atoms with Gasteiger partial charge < -0.3 is 8.83 Å². The second-order valence-electron chi connectivity index (χ2n) is 7.51. The molecule has 134 valence electrons. The Hall–Kier alpha value is -3.52. The van der Waals surface area contributed by atoms with E-state index >= 15 is 0 Å². The van der Waals surface area contributed by atoms with Crippen LogP contribution >= 0.6 is 0 Å². The Morgan fingerprint density at radius 2 is 0.964 bits per heavy atom. The minimum atomic E-state index is 0.906. The van der Waals surface area contributed by atoms with Crippen molar-refractivity contribution in [2.24, 2.45) is 0 Å². The standard InChI is InChI=1S/C26H18O2/c1-15-13-21(23-5-3-11-27-23)19-10-8-18-16(2)14-22(24-6-4-12-28-24)20-9-7-17(15)25(19)26(18)20/h3-14H,1-2H3. The first-order chi connectivity index (χ1) is 13.7. The number of hydrogen-bond donors (Lipinski definition) is 0. The molecule has 2 aromatic heterocycles. The van der Waals surface area contributed by atoms with E-state index in [2.05, 4.69) is 50.2 Å². The monoisotopic (exact) mass is 362 g/mol. The Morgan fingerprint density at radius 1 is 0.536 bits per heavy atom. The molecule has 4 aromatic carbocycles. The molecule has 0 unspecified atom stereocenters. The first-order valence-corrected chi connectivity index (χ1v) is 9.52. The van der Waals surface area contributed by atoms with Crippen LogP contribution in [0.4, 0.5) is 0 Å². The first kappa shape index (κ1) is 15.5. The van der Waals surface area contributed by atoms with Gasteiger partial charge in [0, 0.05) is 11.1 Å². The summed E-state index contributed by atoms with van der Waals surface area (Å²) >= 11 is 0. The van der Waals surface area contributed by atoms with Crippen LogP contribution in [0, 0.1) is 13.8 Å². The molecule has 0 N–H and O–H groups in total. The summed E-state index contributed by atoms with van der Waals surface area (Å²) in [5, 5.41) is 7.64. The Balaban J connectivity index is 1.86. The van der Waals surface area contributed by atoms with Gasteiger partial charge in [0.25, 0.3) is 0 Å². The molecule has 0 aliphatic rings. The lowest BCUT2D eigenvalue weighted by molar-refractivity contribution is 0.582. The molecular weight excluding hydrogens is 344 g/mol. The Labute approximate surface area is 162 Å². The van der Waals surface area contributed by atoms with E-state index in [-0.39, 0.29) is 0 Å². The molecule has 6 aromatic rings. The molecular formula is C26H18O2. The molecule has 28 heavy (non-hydrogen) atoms. The minimum Gasteiger partial charge on any atom is -0.464 e. The van der Waals surface area contributed by atoms with Crippen molar-refractivity contribution < 1.29 is 8.83 Å². The summed E-state index contributed by atoms with van der Waals surface area (Å²) in [7, 11) is 0. The van der Waals surface area contributed by atoms with Crippen LogP contribution in [0.1, 0.15) is 11.1 Å². The molecule has 0 bridgehead atoms. The van der Waals surface area contributed by atoms with E-state index in [0.717, 1.165) is 22.6 Å². The second-order valence-corrected chi connectivity index (χ2v) is 7.51. The zero-order chi connectivity index (χ0) is 18.8. The summed E-state index contributed by atoms with van der Waals surface area (Å²) in [6.07, 6.45) is 3.48. The number of furan rings is 2. The fraction of sp³-hybridized carbons (Fsp3) is 0.0769. The molecule has 0 aliphatic heterocycles. The second kappa shape index (κ2) is 5.49. The minimum absolute atomic E-state index is 0.906. The normalized spacial score (nSPS) is 11.9. The largest absolute Gasteiger partial charge is 0.464 e. The number of hydrogen-bond acceptors (Lipinski definition) is 2. The highest BCUT2D eigenvalue weighted by molar-refractivity contribution is 6.28. The summed E-state index contributed by atoms with van der Waals surface area (Å²) in [5.41, 5.74) is 4.81. The summed E-state index contributed by atoms with van der Waals surface area (Å²) in [6, 6.07) is 21.4. The molecule has 2 nitrogen and oxygen atoms in total. The molecule has 0 amide bonds. The molecule has 0 aliphatic carbocycles. The van der Waals surface area contributed by atoms with Gasteiger partial charge in [-0.3, -0.25) is 0 Å². The highest BCUT2D eigenvalue weighted by atomic mass is 16.3. The predicted octanol–water partition coefficient (Wildman–Crippen LogP) is 7.72. The molecule has 0 saturated carbocycles. The summed E-state index contributed by atoms with van der Waals surface area (Å²) in [5.74, 6) is 1.81. The maximum Gasteiger partial charge on any atom is 0.134 e. The van der Waals surface area contributed by atoms with Crippen LogP contribution < -0.4 is 0 Å². The van der Waals surface area contributed by atoms with E-state index in [1.807, 2.05) is 24.3 Å². The predicted molar refractivity (Wildman–Crippen MR) is 115 cm³/mol. The van der Waals surface area contributed by atoms with Crippen LogP contribution in [-0.4, -0.2) is 0 Å². The van der Waals surface area contributed by atoms with Gasteiger partial charge in [0.2, 0.25) is 0 Å². The Morgan fingerprint density at radius 3 is 1.36 bits per heavy atom. The quantitative estimate of drug-likeness (QED) is 0.295. The van der Waals surface area contributed by atoms with Crippen molar-refractivity contribution in [2.75, 3.05) is 0 Å². The first-order valence-electron chi connectivity index (χ1n) is 9.52. The number of aryl methyl sites for hydroxylation is 2. The van der Waals surface area contributed by atoms with Crippen molar-refractivity contribution in [3.05, 3.63) is 84.3 Å². The molecule has 2 heterocycles. The van der Waals surface area contributed by atoms with E-state index < -0.39 is 0 Å². The number of benzene rings is 4. The molecule has 0 radical (unpaired) electrons. The molecule has 0 fully saturated rings. The van der Waals surface area contributed by atoms with Gasteiger partial charge in [-0.2, -0.15) is 0 Å². The third-order valence-corrected chi connectivity index (χ3v) is 5.89. The Kier molecular flexibility index (Phi) is 3.05. The van der Waals surface area contributed by atoms with Crippen molar-refractivity contribution in [3.8, 4) is 22.6 Å². The molecule has 6 rings (SSSR count). The van der Waals surface area contributed by atoms with Gasteiger partial charge >= 0.3 is 0 Å². The van der Waals surface area contributed by atoms with Gasteiger partial charge in [0.1, 0.15) is 11.5 Å². The Bertz CT molecular complexity index is 1340. The average Bonchev–Trinajstić information content (AvgIpc) is 3.42. The lowest BCUT2D eigenvalue weighted by Crippen LogP contribution is -1.92. The van der Waals surface area contributed by atoms with Crippen LogP contribution in [0.25, 0.3) is 55.0 Å². The van der Waals surface area contributed by atoms with E-state index in [4.69, 9.17) is 8.83 Å². The zero-order valence-corrected chi connectivity index (χ0v) is 15.7. The summed E-state index contributed by atoms with van der Waals surface area (Å²) in [6.45, 7) is 4.36. The highest BCUT2D eigenvalue weighted by Gasteiger charge is 2.18. The van der Waals surface area contributed by atoms with Gasteiger partial charge in [-0.25, -0.2) is 0 Å². The van der Waals surface area contributed by atoms with Crippen molar-refractivity contribution in [2.45, 2.75) is 13.8 Å². The van der Waals surface area contributed by atoms with Crippen molar-refractivity contribution in [1.82, 2.24) is 0 Å². The topological polar surface area (TPSA) is 26.3 Å². The van der Waals surface area contributed by atoms with Gasteiger partial charge in [-0.15, -0.1) is 0 Å². The average molecular weight is 362 g/mol. The van der Waals surface area contributed by atoms with Crippen LogP contribution in [0.2, 0.25) is 0 Å².